The molecule has 0 bridgehead atoms. The molecule has 0 aliphatic carbocycles. The van der Waals surface area contributed by atoms with Crippen molar-refractivity contribution in [3.63, 3.8) is 0 Å². The first-order valence-corrected chi connectivity index (χ1v) is 2.51. The van der Waals surface area contributed by atoms with Gasteiger partial charge < -0.3 is 4.74 Å². The van der Waals surface area contributed by atoms with Crippen molar-refractivity contribution in [3.05, 3.63) is 12.2 Å². The van der Waals surface area contributed by atoms with Crippen LogP contribution in [0, 0.1) is 0 Å². The molecule has 0 N–H and O–H groups in total. The minimum absolute atomic E-state index is 0. The SMILES string of the molecule is C=C(C)C(=O)OCC.[Ti]. The van der Waals surface area contributed by atoms with Gasteiger partial charge in [0.1, 0.15) is 0 Å². The Bertz CT molecular complexity index is 110. The zero-order chi connectivity index (χ0) is 6.57. The molecule has 0 aromatic heterocycles. The Morgan fingerprint density at radius 2 is 2.11 bits per heavy atom. The summed E-state index contributed by atoms with van der Waals surface area (Å²) >= 11 is 0. The summed E-state index contributed by atoms with van der Waals surface area (Å²) in [5, 5.41) is 0. The number of carbonyl (C=O) groups excluding carboxylic acids is 1. The van der Waals surface area contributed by atoms with Gasteiger partial charge in [-0.2, -0.15) is 0 Å². The Hall–Kier alpha value is -0.0757. The molecule has 50 valence electrons. The molecule has 3 heteroatoms. The Morgan fingerprint density at radius 3 is 2.22 bits per heavy atom. The third-order valence-corrected chi connectivity index (χ3v) is 0.624. The van der Waals surface area contributed by atoms with Gasteiger partial charge in [-0.25, -0.2) is 4.79 Å². The Morgan fingerprint density at radius 1 is 1.67 bits per heavy atom. The van der Waals surface area contributed by atoms with E-state index in [0.29, 0.717) is 12.2 Å². The largest absolute Gasteiger partial charge is 0.463 e. The fraction of sp³-hybridized carbons (Fsp3) is 0.500. The van der Waals surface area contributed by atoms with Crippen LogP contribution in [0.1, 0.15) is 13.8 Å². The van der Waals surface area contributed by atoms with Crippen molar-refractivity contribution >= 4 is 5.97 Å². The predicted octanol–water partition coefficient (Wildman–Crippen LogP) is 1.12. The number of carbonyl (C=O) groups is 1. The van der Waals surface area contributed by atoms with Crippen LogP contribution in [0.5, 0.6) is 0 Å². The van der Waals surface area contributed by atoms with Crippen molar-refractivity contribution in [2.45, 2.75) is 13.8 Å². The van der Waals surface area contributed by atoms with Crippen LogP contribution in [0.15, 0.2) is 12.2 Å². The third kappa shape index (κ3) is 5.80. The number of esters is 1. The second kappa shape index (κ2) is 6.05. The van der Waals surface area contributed by atoms with Crippen LogP contribution in [-0.4, -0.2) is 12.6 Å². The molecule has 0 amide bonds. The fourth-order valence-electron chi connectivity index (χ4n) is 0.254. The van der Waals surface area contributed by atoms with Gasteiger partial charge in [0.15, 0.2) is 0 Å². The van der Waals surface area contributed by atoms with Gasteiger partial charge in [0, 0.05) is 27.3 Å². The van der Waals surface area contributed by atoms with Gasteiger partial charge >= 0.3 is 5.97 Å². The summed E-state index contributed by atoms with van der Waals surface area (Å²) in [5.74, 6) is -0.312. The van der Waals surface area contributed by atoms with Gasteiger partial charge in [-0.1, -0.05) is 6.58 Å². The maximum Gasteiger partial charge on any atom is 0.333 e. The number of hydrogen-bond acceptors (Lipinski definition) is 2. The normalized spacial score (nSPS) is 7.33. The molecule has 0 saturated carbocycles. The van der Waals surface area contributed by atoms with Crippen LogP contribution in [-0.2, 0) is 31.2 Å². The van der Waals surface area contributed by atoms with E-state index < -0.39 is 0 Å². The molecule has 0 aromatic rings. The third-order valence-electron chi connectivity index (χ3n) is 0.624. The van der Waals surface area contributed by atoms with Crippen molar-refractivity contribution in [1.82, 2.24) is 0 Å². The van der Waals surface area contributed by atoms with Crippen LogP contribution in [0.4, 0.5) is 0 Å². The molecule has 2 nitrogen and oxygen atoms in total. The smallest absolute Gasteiger partial charge is 0.333 e. The molecule has 0 spiro atoms. The summed E-state index contributed by atoms with van der Waals surface area (Å²) in [4.78, 5) is 10.4. The number of rotatable bonds is 2. The molecular formula is C6H10O2Ti. The molecule has 0 aromatic carbocycles. The maximum absolute atomic E-state index is 10.4. The molecule has 0 radical (unpaired) electrons. The molecule has 0 fully saturated rings. The maximum atomic E-state index is 10.4. The molecule has 0 saturated heterocycles. The Kier molecular flexibility index (Phi) is 7.86. The molecule has 0 aliphatic rings. The summed E-state index contributed by atoms with van der Waals surface area (Å²) in [5.41, 5.74) is 0.451. The first-order valence-electron chi connectivity index (χ1n) is 2.51. The average Bonchev–Trinajstić information content (AvgIpc) is 1.67. The zero-order valence-electron chi connectivity index (χ0n) is 5.73. The van der Waals surface area contributed by atoms with Crippen molar-refractivity contribution in [2.75, 3.05) is 6.61 Å². The summed E-state index contributed by atoms with van der Waals surface area (Å²) in [6.45, 7) is 7.21. The summed E-state index contributed by atoms with van der Waals surface area (Å²) < 4.78 is 4.56. The monoisotopic (exact) mass is 162 g/mol. The van der Waals surface area contributed by atoms with E-state index in [-0.39, 0.29) is 27.7 Å². The van der Waals surface area contributed by atoms with Crippen LogP contribution in [0.25, 0.3) is 0 Å². The molecule has 0 atom stereocenters. The van der Waals surface area contributed by atoms with Gasteiger partial charge in [0.25, 0.3) is 0 Å². The molecule has 0 heterocycles. The first-order chi connectivity index (χ1) is 3.68. The van der Waals surface area contributed by atoms with Crippen LogP contribution >= 0.6 is 0 Å². The number of ether oxygens (including phenoxy) is 1. The van der Waals surface area contributed by atoms with E-state index in [0.717, 1.165) is 0 Å². The second-order valence-corrected chi connectivity index (χ2v) is 1.50. The van der Waals surface area contributed by atoms with Gasteiger partial charge in [-0.3, -0.25) is 0 Å². The van der Waals surface area contributed by atoms with Crippen molar-refractivity contribution in [3.8, 4) is 0 Å². The van der Waals surface area contributed by atoms with Crippen LogP contribution in [0.3, 0.4) is 0 Å². The average molecular weight is 162 g/mol. The molecule has 0 aliphatic heterocycles. The summed E-state index contributed by atoms with van der Waals surface area (Å²) in [6.07, 6.45) is 0. The van der Waals surface area contributed by atoms with Crippen LogP contribution in [0.2, 0.25) is 0 Å². The molecular weight excluding hydrogens is 152 g/mol. The van der Waals surface area contributed by atoms with Crippen molar-refractivity contribution < 1.29 is 31.2 Å². The Labute approximate surface area is 70.2 Å². The van der Waals surface area contributed by atoms with Gasteiger partial charge in [0.2, 0.25) is 0 Å². The van der Waals surface area contributed by atoms with Crippen molar-refractivity contribution in [1.29, 1.82) is 0 Å². The van der Waals surface area contributed by atoms with Crippen LogP contribution < -0.4 is 0 Å². The molecule has 0 unspecified atom stereocenters. The fourth-order valence-corrected chi connectivity index (χ4v) is 0.254. The zero-order valence-corrected chi connectivity index (χ0v) is 7.29. The predicted molar refractivity (Wildman–Crippen MR) is 31.4 cm³/mol. The Balaban J connectivity index is 0. The van der Waals surface area contributed by atoms with Gasteiger partial charge in [-0.05, 0) is 13.8 Å². The van der Waals surface area contributed by atoms with E-state index in [1.54, 1.807) is 13.8 Å². The molecule has 9 heavy (non-hydrogen) atoms. The molecule has 0 rings (SSSR count). The quantitative estimate of drug-likeness (QED) is 0.345. The summed E-state index contributed by atoms with van der Waals surface area (Å²) in [7, 11) is 0. The van der Waals surface area contributed by atoms with Gasteiger partial charge in [0.05, 0.1) is 6.61 Å². The van der Waals surface area contributed by atoms with E-state index >= 15 is 0 Å². The minimum Gasteiger partial charge on any atom is -0.463 e. The second-order valence-electron chi connectivity index (χ2n) is 1.50. The number of hydrogen-bond donors (Lipinski definition) is 0. The van der Waals surface area contributed by atoms with E-state index in [2.05, 4.69) is 11.3 Å². The summed E-state index contributed by atoms with van der Waals surface area (Å²) in [6, 6.07) is 0. The topological polar surface area (TPSA) is 26.3 Å². The van der Waals surface area contributed by atoms with E-state index in [1.807, 2.05) is 0 Å². The van der Waals surface area contributed by atoms with E-state index in [4.69, 9.17) is 0 Å². The van der Waals surface area contributed by atoms with Crippen molar-refractivity contribution in [2.24, 2.45) is 0 Å². The first kappa shape index (κ1) is 11.7. The van der Waals surface area contributed by atoms with E-state index in [1.165, 1.54) is 0 Å². The standard InChI is InChI=1S/C6H10O2.Ti/c1-4-8-6(7)5(2)3;/h2,4H2,1,3H3;. The van der Waals surface area contributed by atoms with E-state index in [9.17, 15) is 4.79 Å². The minimum atomic E-state index is -0.312. The van der Waals surface area contributed by atoms with Gasteiger partial charge in [-0.15, -0.1) is 0 Å².